The van der Waals surface area contributed by atoms with E-state index in [1.807, 2.05) is 0 Å². The summed E-state index contributed by atoms with van der Waals surface area (Å²) in [6.45, 7) is 2.54. The molecule has 0 bridgehead atoms. The summed E-state index contributed by atoms with van der Waals surface area (Å²) in [5, 5.41) is 0. The van der Waals surface area contributed by atoms with Crippen LogP contribution >= 0.6 is 0 Å². The Morgan fingerprint density at radius 2 is 1.91 bits per heavy atom. The first-order valence-corrected chi connectivity index (χ1v) is 7.23. The molecular weight excluding hydrogens is 319 g/mol. The van der Waals surface area contributed by atoms with Gasteiger partial charge in [-0.1, -0.05) is 0 Å². The van der Waals surface area contributed by atoms with Gasteiger partial charge < -0.3 is 4.90 Å². The molecule has 0 amide bonds. The molecule has 2 rings (SSSR count). The number of halogens is 5. The highest BCUT2D eigenvalue weighted by Crippen LogP contribution is 2.36. The van der Waals surface area contributed by atoms with Gasteiger partial charge in [-0.3, -0.25) is 4.79 Å². The number of alkyl halides is 5. The Labute approximate surface area is 130 Å². The van der Waals surface area contributed by atoms with Crippen molar-refractivity contribution in [3.8, 4) is 0 Å². The molecule has 128 valence electrons. The summed E-state index contributed by atoms with van der Waals surface area (Å²) >= 11 is 0. The van der Waals surface area contributed by atoms with E-state index < -0.39 is 29.9 Å². The molecule has 0 radical (unpaired) electrons. The van der Waals surface area contributed by atoms with Crippen molar-refractivity contribution in [2.75, 3.05) is 18.0 Å². The Morgan fingerprint density at radius 3 is 2.48 bits per heavy atom. The minimum absolute atomic E-state index is 0.0505. The van der Waals surface area contributed by atoms with Crippen LogP contribution in [0.3, 0.4) is 0 Å². The summed E-state index contributed by atoms with van der Waals surface area (Å²) in [7, 11) is 0. The molecule has 0 N–H and O–H groups in total. The highest BCUT2D eigenvalue weighted by molar-refractivity contribution is 6.00. The molecule has 1 aromatic heterocycles. The second-order valence-corrected chi connectivity index (χ2v) is 5.75. The molecule has 0 atom stereocenters. The van der Waals surface area contributed by atoms with E-state index >= 15 is 0 Å². The first-order chi connectivity index (χ1) is 10.5. The van der Waals surface area contributed by atoms with E-state index in [0.717, 1.165) is 6.92 Å². The number of pyridine rings is 1. The smallest absolute Gasteiger partial charge is 0.356 e. The monoisotopic (exact) mass is 336 g/mol. The maximum absolute atomic E-state index is 13.4. The van der Waals surface area contributed by atoms with Crippen molar-refractivity contribution in [1.29, 1.82) is 0 Å². The second-order valence-electron chi connectivity index (χ2n) is 5.75. The van der Waals surface area contributed by atoms with Gasteiger partial charge in [0.25, 0.3) is 0 Å². The lowest BCUT2D eigenvalue weighted by molar-refractivity contribution is -0.138. The largest absolute Gasteiger partial charge is 0.418 e. The molecule has 0 unspecified atom stereocenters. The Balaban J connectivity index is 2.47. The molecule has 23 heavy (non-hydrogen) atoms. The van der Waals surface area contributed by atoms with Crippen LogP contribution in [0.4, 0.5) is 27.8 Å². The van der Waals surface area contributed by atoms with Crippen molar-refractivity contribution in [2.45, 2.75) is 45.2 Å². The molecule has 1 saturated heterocycles. The van der Waals surface area contributed by atoms with E-state index in [1.54, 1.807) is 0 Å². The zero-order valence-electron chi connectivity index (χ0n) is 12.8. The summed E-state index contributed by atoms with van der Waals surface area (Å²) in [6.07, 6.45) is -4.46. The first kappa shape index (κ1) is 17.6. The van der Waals surface area contributed by atoms with Gasteiger partial charge in [-0.15, -0.1) is 0 Å². The van der Waals surface area contributed by atoms with Gasteiger partial charge in [0.05, 0.1) is 11.1 Å². The van der Waals surface area contributed by atoms with Gasteiger partial charge >= 0.3 is 6.18 Å². The molecule has 3 nitrogen and oxygen atoms in total. The lowest BCUT2D eigenvalue weighted by Crippen LogP contribution is -2.29. The number of carbonyl (C=O) groups excluding carboxylic acids is 1. The van der Waals surface area contributed by atoms with Gasteiger partial charge in [-0.2, -0.15) is 13.2 Å². The molecule has 1 aromatic rings. The van der Waals surface area contributed by atoms with Crippen LogP contribution in [0.5, 0.6) is 0 Å². The zero-order valence-corrected chi connectivity index (χ0v) is 12.8. The van der Waals surface area contributed by atoms with Crippen LogP contribution in [0.15, 0.2) is 6.20 Å². The van der Waals surface area contributed by atoms with Gasteiger partial charge in [0.1, 0.15) is 5.82 Å². The Morgan fingerprint density at radius 1 is 1.26 bits per heavy atom. The Hall–Kier alpha value is -1.73. The molecule has 1 aliphatic heterocycles. The fraction of sp³-hybridized carbons (Fsp3) is 0.600. The zero-order chi connectivity index (χ0) is 17.4. The van der Waals surface area contributed by atoms with E-state index in [0.29, 0.717) is 6.20 Å². The molecule has 0 saturated carbocycles. The van der Waals surface area contributed by atoms with Crippen molar-refractivity contribution in [1.82, 2.24) is 4.98 Å². The number of hydrogen-bond donors (Lipinski definition) is 0. The van der Waals surface area contributed by atoms with Gasteiger partial charge in [-0.05, 0) is 25.8 Å². The highest BCUT2D eigenvalue weighted by Gasteiger charge is 2.37. The fourth-order valence-corrected chi connectivity index (χ4v) is 2.81. The van der Waals surface area contributed by atoms with Crippen molar-refractivity contribution >= 4 is 11.6 Å². The number of ketones is 1. The predicted octanol–water partition coefficient (Wildman–Crippen LogP) is 4.24. The van der Waals surface area contributed by atoms with Crippen LogP contribution in [-0.2, 0) is 6.18 Å². The Bertz CT molecular complexity index is 613. The fourth-order valence-electron chi connectivity index (χ4n) is 2.81. The van der Waals surface area contributed by atoms with Crippen LogP contribution in [0.25, 0.3) is 0 Å². The summed E-state index contributed by atoms with van der Waals surface area (Å²) in [4.78, 5) is 17.1. The highest BCUT2D eigenvalue weighted by atomic mass is 19.4. The summed E-state index contributed by atoms with van der Waals surface area (Å²) < 4.78 is 65.8. The summed E-state index contributed by atoms with van der Waals surface area (Å²) in [5.74, 6) is -3.31. The van der Waals surface area contributed by atoms with Crippen molar-refractivity contribution < 1.29 is 26.7 Å². The van der Waals surface area contributed by atoms with Crippen molar-refractivity contribution in [3.63, 3.8) is 0 Å². The number of nitrogens with zero attached hydrogens (tertiary/aromatic N) is 2. The molecular formula is C15H17F5N2O. The van der Waals surface area contributed by atoms with Gasteiger partial charge in [-0.25, -0.2) is 13.8 Å². The van der Waals surface area contributed by atoms with E-state index in [2.05, 4.69) is 4.98 Å². The normalized spacial score (nSPS) is 18.7. The van der Waals surface area contributed by atoms with Crippen LogP contribution in [0, 0.1) is 6.92 Å². The van der Waals surface area contributed by atoms with Gasteiger partial charge in [0.15, 0.2) is 5.78 Å². The van der Waals surface area contributed by atoms with Crippen molar-refractivity contribution in [2.24, 2.45) is 0 Å². The first-order valence-electron chi connectivity index (χ1n) is 7.23. The molecule has 0 spiro atoms. The predicted molar refractivity (Wildman–Crippen MR) is 75.0 cm³/mol. The third-order valence-corrected chi connectivity index (χ3v) is 3.99. The molecule has 8 heteroatoms. The lowest BCUT2D eigenvalue weighted by atomic mass is 10.0. The number of carbonyl (C=O) groups is 1. The topological polar surface area (TPSA) is 33.2 Å². The summed E-state index contributed by atoms with van der Waals surface area (Å²) in [6, 6.07) is 0. The lowest BCUT2D eigenvalue weighted by Gasteiger charge is -2.25. The number of anilines is 1. The third kappa shape index (κ3) is 3.79. The van der Waals surface area contributed by atoms with E-state index in [4.69, 9.17) is 0 Å². The second kappa shape index (κ2) is 6.05. The molecule has 0 aliphatic carbocycles. The van der Waals surface area contributed by atoms with Crippen LogP contribution in [-0.4, -0.2) is 29.8 Å². The number of Topliss-reactive ketones (excluding diaryl/α,β-unsaturated/α-hetero) is 1. The maximum Gasteiger partial charge on any atom is 0.418 e. The average Bonchev–Trinajstić information content (AvgIpc) is 2.57. The molecule has 2 heterocycles. The number of hydrogen-bond acceptors (Lipinski definition) is 3. The third-order valence-electron chi connectivity index (χ3n) is 3.99. The van der Waals surface area contributed by atoms with Crippen molar-refractivity contribution in [3.05, 3.63) is 22.9 Å². The molecule has 1 fully saturated rings. The van der Waals surface area contributed by atoms with Crippen LogP contribution in [0.1, 0.15) is 47.7 Å². The van der Waals surface area contributed by atoms with Crippen LogP contribution in [0.2, 0.25) is 0 Å². The van der Waals surface area contributed by atoms with E-state index in [1.165, 1.54) is 11.8 Å². The molecule has 1 aliphatic rings. The van der Waals surface area contributed by atoms with Gasteiger partial charge in [0.2, 0.25) is 5.92 Å². The number of rotatable bonds is 2. The Kier molecular flexibility index (Phi) is 4.64. The summed E-state index contributed by atoms with van der Waals surface area (Å²) in [5.41, 5.74) is -1.34. The minimum atomic E-state index is -4.62. The van der Waals surface area contributed by atoms with Gasteiger partial charge in [0, 0.05) is 32.1 Å². The average molecular weight is 336 g/mol. The molecule has 0 aromatic carbocycles. The maximum atomic E-state index is 13.4. The number of aromatic nitrogens is 1. The SMILES string of the molecule is CC(=O)c1c(N2CCCC(F)(F)CC2)ncc(C(F)(F)F)c1C. The minimum Gasteiger partial charge on any atom is -0.356 e. The van der Waals surface area contributed by atoms with E-state index in [9.17, 15) is 26.7 Å². The van der Waals surface area contributed by atoms with E-state index in [-0.39, 0.29) is 42.9 Å². The quantitative estimate of drug-likeness (QED) is 0.598. The standard InChI is InChI=1S/C15H17F5N2O/c1-9-11(15(18,19)20)8-21-13(12(9)10(2)23)22-6-3-4-14(16,17)5-7-22/h8H,3-7H2,1-2H3. The van der Waals surface area contributed by atoms with Crippen LogP contribution < -0.4 is 4.90 Å².